The Bertz CT molecular complexity index is 1130. The molecule has 30 heavy (non-hydrogen) atoms. The highest BCUT2D eigenvalue weighted by Crippen LogP contribution is 2.19. The number of nitrogens with zero attached hydrogens (tertiary/aromatic N) is 3. The van der Waals surface area contributed by atoms with Crippen LogP contribution in [0.15, 0.2) is 59.9 Å². The Morgan fingerprint density at radius 1 is 1.27 bits per heavy atom. The number of aryl methyl sites for hydroxylation is 1. The Hall–Kier alpha value is -3.45. The van der Waals surface area contributed by atoms with Crippen molar-refractivity contribution in [3.8, 4) is 11.4 Å². The lowest BCUT2D eigenvalue weighted by molar-refractivity contribution is 0.0951. The van der Waals surface area contributed by atoms with Gasteiger partial charge < -0.3 is 15.0 Å². The molecule has 1 amide bonds. The van der Waals surface area contributed by atoms with Crippen LogP contribution in [-0.2, 0) is 0 Å². The number of aromatic nitrogens is 2. The topological polar surface area (TPSA) is 76.5 Å². The Labute approximate surface area is 175 Å². The number of ether oxygens (including phenoxy) is 1. The zero-order valence-corrected chi connectivity index (χ0v) is 17.5. The van der Waals surface area contributed by atoms with Crippen LogP contribution in [-0.4, -0.2) is 54.1 Å². The molecule has 0 aliphatic rings. The molecule has 156 valence electrons. The molecular formula is C23H26N4O3. The van der Waals surface area contributed by atoms with Crippen LogP contribution >= 0.6 is 0 Å². The minimum atomic E-state index is -0.216. The van der Waals surface area contributed by atoms with E-state index in [0.29, 0.717) is 46.9 Å². The number of benzene rings is 2. The van der Waals surface area contributed by atoms with Crippen molar-refractivity contribution in [2.24, 2.45) is 0 Å². The van der Waals surface area contributed by atoms with Crippen molar-refractivity contribution >= 4 is 16.8 Å². The van der Waals surface area contributed by atoms with Crippen LogP contribution in [0, 0.1) is 6.92 Å². The Balaban J connectivity index is 1.98. The van der Waals surface area contributed by atoms with Crippen molar-refractivity contribution in [3.63, 3.8) is 0 Å². The smallest absolute Gasteiger partial charge is 0.266 e. The number of amides is 1. The number of likely N-dealkylation sites (N-methyl/N-ethyl adjacent to an activating group) is 1. The van der Waals surface area contributed by atoms with Crippen LogP contribution in [0.1, 0.15) is 16.2 Å². The highest BCUT2D eigenvalue weighted by molar-refractivity contribution is 5.94. The number of carbonyl (C=O) groups excluding carboxylic acids is 1. The molecule has 0 saturated heterocycles. The van der Waals surface area contributed by atoms with E-state index in [1.807, 2.05) is 19.0 Å². The van der Waals surface area contributed by atoms with Gasteiger partial charge in [-0.3, -0.25) is 14.2 Å². The standard InChI is InChI=1S/C23H26N4O3/c1-5-13-30-19-9-10-21-20(15-19)23(29)27(16(2)25-21)18-8-6-7-17(14-18)22(28)24-11-12-26(3)4/h5-10,14-15H,1,11-13H2,2-4H3,(H,24,28). The third-order valence-electron chi connectivity index (χ3n) is 4.59. The lowest BCUT2D eigenvalue weighted by Crippen LogP contribution is -2.31. The predicted octanol–water partition coefficient (Wildman–Crippen LogP) is 2.55. The van der Waals surface area contributed by atoms with Gasteiger partial charge in [0.1, 0.15) is 18.2 Å². The van der Waals surface area contributed by atoms with Crippen molar-refractivity contribution in [1.29, 1.82) is 0 Å². The van der Waals surface area contributed by atoms with E-state index in [-0.39, 0.29) is 11.5 Å². The number of rotatable bonds is 8. The van der Waals surface area contributed by atoms with E-state index < -0.39 is 0 Å². The summed E-state index contributed by atoms with van der Waals surface area (Å²) in [6, 6.07) is 12.2. The summed E-state index contributed by atoms with van der Waals surface area (Å²) in [5.41, 5.74) is 1.45. The highest BCUT2D eigenvalue weighted by Gasteiger charge is 2.13. The summed E-state index contributed by atoms with van der Waals surface area (Å²) in [5.74, 6) is 0.932. The van der Waals surface area contributed by atoms with Gasteiger partial charge in [0.15, 0.2) is 0 Å². The van der Waals surface area contributed by atoms with E-state index in [0.717, 1.165) is 6.54 Å². The van der Waals surface area contributed by atoms with Gasteiger partial charge in [0, 0.05) is 18.7 Å². The second-order valence-electron chi connectivity index (χ2n) is 7.19. The monoisotopic (exact) mass is 406 g/mol. The Morgan fingerprint density at radius 3 is 2.80 bits per heavy atom. The van der Waals surface area contributed by atoms with Crippen LogP contribution in [0.2, 0.25) is 0 Å². The van der Waals surface area contributed by atoms with Crippen molar-refractivity contribution in [2.45, 2.75) is 6.92 Å². The van der Waals surface area contributed by atoms with Crippen molar-refractivity contribution < 1.29 is 9.53 Å². The van der Waals surface area contributed by atoms with Crippen LogP contribution in [0.3, 0.4) is 0 Å². The van der Waals surface area contributed by atoms with Gasteiger partial charge in [-0.2, -0.15) is 0 Å². The van der Waals surface area contributed by atoms with E-state index >= 15 is 0 Å². The maximum Gasteiger partial charge on any atom is 0.266 e. The van der Waals surface area contributed by atoms with Crippen molar-refractivity contribution in [2.75, 3.05) is 33.8 Å². The van der Waals surface area contributed by atoms with E-state index in [9.17, 15) is 9.59 Å². The van der Waals surface area contributed by atoms with E-state index in [1.54, 1.807) is 55.5 Å². The molecule has 1 aromatic heterocycles. The maximum atomic E-state index is 13.2. The molecule has 3 aromatic rings. The molecule has 0 unspecified atom stereocenters. The van der Waals surface area contributed by atoms with E-state index in [2.05, 4.69) is 16.9 Å². The number of nitrogens with one attached hydrogen (secondary N) is 1. The van der Waals surface area contributed by atoms with Gasteiger partial charge >= 0.3 is 0 Å². The first kappa shape index (κ1) is 21.3. The first-order valence-corrected chi connectivity index (χ1v) is 9.71. The fourth-order valence-electron chi connectivity index (χ4n) is 3.11. The fraction of sp³-hybridized carbons (Fsp3) is 0.261. The quantitative estimate of drug-likeness (QED) is 0.582. The summed E-state index contributed by atoms with van der Waals surface area (Å²) in [5, 5.41) is 3.33. The van der Waals surface area contributed by atoms with E-state index in [1.165, 1.54) is 4.57 Å². The van der Waals surface area contributed by atoms with Crippen LogP contribution < -0.4 is 15.6 Å². The summed E-state index contributed by atoms with van der Waals surface area (Å²) >= 11 is 0. The maximum absolute atomic E-state index is 13.2. The molecule has 0 radical (unpaired) electrons. The number of carbonyl (C=O) groups is 1. The molecule has 0 fully saturated rings. The van der Waals surface area contributed by atoms with Gasteiger partial charge in [0.2, 0.25) is 0 Å². The fourth-order valence-corrected chi connectivity index (χ4v) is 3.11. The van der Waals surface area contributed by atoms with Gasteiger partial charge in [-0.15, -0.1) is 0 Å². The number of hydrogen-bond donors (Lipinski definition) is 1. The molecule has 0 bridgehead atoms. The number of fused-ring (bicyclic) bond motifs is 1. The minimum absolute atomic E-state index is 0.182. The van der Waals surface area contributed by atoms with Crippen LogP contribution in [0.25, 0.3) is 16.6 Å². The molecule has 0 aliphatic heterocycles. The molecule has 2 aromatic carbocycles. The molecule has 0 atom stereocenters. The Morgan fingerprint density at radius 2 is 2.07 bits per heavy atom. The van der Waals surface area contributed by atoms with E-state index in [4.69, 9.17) is 4.74 Å². The molecule has 0 aliphatic carbocycles. The second kappa shape index (κ2) is 9.37. The molecule has 7 heteroatoms. The first-order chi connectivity index (χ1) is 14.4. The lowest BCUT2D eigenvalue weighted by atomic mass is 10.1. The highest BCUT2D eigenvalue weighted by atomic mass is 16.5. The average Bonchev–Trinajstić information content (AvgIpc) is 2.72. The first-order valence-electron chi connectivity index (χ1n) is 9.71. The summed E-state index contributed by atoms with van der Waals surface area (Å²) in [7, 11) is 3.89. The van der Waals surface area contributed by atoms with Gasteiger partial charge in [0.05, 0.1) is 16.6 Å². The van der Waals surface area contributed by atoms with Gasteiger partial charge in [0.25, 0.3) is 11.5 Å². The SMILES string of the molecule is C=CCOc1ccc2nc(C)n(-c3cccc(C(=O)NCCN(C)C)c3)c(=O)c2c1. The zero-order valence-electron chi connectivity index (χ0n) is 17.5. The molecular weight excluding hydrogens is 380 g/mol. The second-order valence-corrected chi connectivity index (χ2v) is 7.19. The molecule has 0 spiro atoms. The lowest BCUT2D eigenvalue weighted by Gasteiger charge is -2.13. The van der Waals surface area contributed by atoms with Gasteiger partial charge in [-0.25, -0.2) is 4.98 Å². The molecule has 3 rings (SSSR count). The average molecular weight is 406 g/mol. The Kier molecular flexibility index (Phi) is 6.64. The van der Waals surface area contributed by atoms with Crippen LogP contribution in [0.4, 0.5) is 0 Å². The summed E-state index contributed by atoms with van der Waals surface area (Å²) in [6.07, 6.45) is 1.64. The van der Waals surface area contributed by atoms with Gasteiger partial charge in [-0.1, -0.05) is 18.7 Å². The van der Waals surface area contributed by atoms with Gasteiger partial charge in [-0.05, 0) is 57.4 Å². The predicted molar refractivity (Wildman–Crippen MR) is 119 cm³/mol. The largest absolute Gasteiger partial charge is 0.490 e. The van der Waals surface area contributed by atoms with Crippen molar-refractivity contribution in [3.05, 3.63) is 76.9 Å². The molecule has 0 saturated carbocycles. The minimum Gasteiger partial charge on any atom is -0.490 e. The normalized spacial score (nSPS) is 10.9. The molecule has 1 heterocycles. The zero-order chi connectivity index (χ0) is 21.7. The molecule has 7 nitrogen and oxygen atoms in total. The summed E-state index contributed by atoms with van der Waals surface area (Å²) < 4.78 is 7.06. The van der Waals surface area contributed by atoms with Crippen LogP contribution in [0.5, 0.6) is 5.75 Å². The van der Waals surface area contributed by atoms with Crippen molar-refractivity contribution in [1.82, 2.24) is 19.8 Å². The summed E-state index contributed by atoms with van der Waals surface area (Å²) in [6.45, 7) is 7.04. The third kappa shape index (κ3) is 4.75. The summed E-state index contributed by atoms with van der Waals surface area (Å²) in [4.78, 5) is 32.3. The molecule has 1 N–H and O–H groups in total. The third-order valence-corrected chi connectivity index (χ3v) is 4.59. The number of hydrogen-bond acceptors (Lipinski definition) is 5.